The molecule has 1 amide bonds. The Balaban J connectivity index is 1.96. The predicted molar refractivity (Wildman–Crippen MR) is 79.8 cm³/mol. The van der Waals surface area contributed by atoms with Crippen molar-refractivity contribution in [2.75, 3.05) is 10.6 Å². The average molecular weight is 306 g/mol. The summed E-state index contributed by atoms with van der Waals surface area (Å²) >= 11 is 0. The summed E-state index contributed by atoms with van der Waals surface area (Å²) in [7, 11) is 0. The third-order valence-corrected chi connectivity index (χ3v) is 2.88. The third-order valence-electron chi connectivity index (χ3n) is 2.88. The van der Waals surface area contributed by atoms with Gasteiger partial charge in [0.15, 0.2) is 23.3 Å². The minimum atomic E-state index is -0.947. The van der Waals surface area contributed by atoms with Crippen LogP contribution in [0.1, 0.15) is 26.2 Å². The molecule has 5 nitrogen and oxygen atoms in total. The lowest BCUT2D eigenvalue weighted by Crippen LogP contribution is -2.12. The van der Waals surface area contributed by atoms with E-state index in [0.29, 0.717) is 23.7 Å². The van der Waals surface area contributed by atoms with Crippen LogP contribution in [-0.4, -0.2) is 16.1 Å². The molecule has 1 aromatic carbocycles. The Morgan fingerprint density at radius 3 is 2.45 bits per heavy atom. The number of amides is 1. The van der Waals surface area contributed by atoms with Crippen molar-refractivity contribution in [2.45, 2.75) is 26.2 Å². The smallest absolute Gasteiger partial charge is 0.225 e. The van der Waals surface area contributed by atoms with E-state index in [4.69, 9.17) is 0 Å². The first kappa shape index (κ1) is 15.8. The zero-order chi connectivity index (χ0) is 15.9. The first-order valence-electron chi connectivity index (χ1n) is 6.94. The van der Waals surface area contributed by atoms with Crippen LogP contribution in [-0.2, 0) is 4.79 Å². The van der Waals surface area contributed by atoms with E-state index in [2.05, 4.69) is 20.8 Å². The number of nitrogens with zero attached hydrogens (tertiary/aromatic N) is 2. The summed E-state index contributed by atoms with van der Waals surface area (Å²) in [5, 5.41) is 13.1. The molecule has 2 rings (SSSR count). The monoisotopic (exact) mass is 306 g/mol. The van der Waals surface area contributed by atoms with Crippen molar-refractivity contribution in [3.8, 4) is 0 Å². The highest BCUT2D eigenvalue weighted by atomic mass is 19.2. The number of unbranched alkanes of at least 4 members (excludes halogenated alkanes) is 1. The average Bonchev–Trinajstić information content (AvgIpc) is 2.51. The number of nitrogens with one attached hydrogen (secondary N) is 2. The maximum Gasteiger partial charge on any atom is 0.225 e. The largest absolute Gasteiger partial charge is 0.339 e. The lowest BCUT2D eigenvalue weighted by molar-refractivity contribution is -0.116. The van der Waals surface area contributed by atoms with E-state index < -0.39 is 11.6 Å². The van der Waals surface area contributed by atoms with Crippen LogP contribution < -0.4 is 10.6 Å². The van der Waals surface area contributed by atoms with Crippen LogP contribution in [0.2, 0.25) is 0 Å². The van der Waals surface area contributed by atoms with Crippen LogP contribution in [0.15, 0.2) is 30.3 Å². The van der Waals surface area contributed by atoms with Crippen molar-refractivity contribution in [1.82, 2.24) is 10.2 Å². The Bertz CT molecular complexity index is 646. The Labute approximate surface area is 126 Å². The van der Waals surface area contributed by atoms with Crippen molar-refractivity contribution in [3.05, 3.63) is 42.0 Å². The molecule has 2 aromatic rings. The van der Waals surface area contributed by atoms with E-state index in [1.807, 2.05) is 6.92 Å². The molecule has 0 fully saturated rings. The second kappa shape index (κ2) is 7.44. The highest BCUT2D eigenvalue weighted by Crippen LogP contribution is 2.17. The van der Waals surface area contributed by atoms with Crippen LogP contribution in [0.4, 0.5) is 26.1 Å². The Morgan fingerprint density at radius 2 is 1.82 bits per heavy atom. The van der Waals surface area contributed by atoms with Gasteiger partial charge in [0.05, 0.1) is 0 Å². The number of benzene rings is 1. The van der Waals surface area contributed by atoms with Gasteiger partial charge >= 0.3 is 0 Å². The maximum atomic E-state index is 13.1. The summed E-state index contributed by atoms with van der Waals surface area (Å²) in [5.41, 5.74) is 0.355. The van der Waals surface area contributed by atoms with E-state index in [9.17, 15) is 13.6 Å². The fourth-order valence-electron chi connectivity index (χ4n) is 1.73. The van der Waals surface area contributed by atoms with Gasteiger partial charge in [0, 0.05) is 18.2 Å². The molecule has 0 bridgehead atoms. The van der Waals surface area contributed by atoms with E-state index >= 15 is 0 Å². The van der Waals surface area contributed by atoms with Gasteiger partial charge in [0.2, 0.25) is 5.91 Å². The van der Waals surface area contributed by atoms with Gasteiger partial charge in [-0.1, -0.05) is 13.3 Å². The van der Waals surface area contributed by atoms with Crippen LogP contribution >= 0.6 is 0 Å². The summed E-state index contributed by atoms with van der Waals surface area (Å²) in [6.07, 6.45) is 2.19. The highest BCUT2D eigenvalue weighted by molar-refractivity contribution is 5.89. The Morgan fingerprint density at radius 1 is 1.09 bits per heavy atom. The van der Waals surface area contributed by atoms with Gasteiger partial charge in [-0.2, -0.15) is 0 Å². The molecular weight excluding hydrogens is 290 g/mol. The molecule has 0 saturated carbocycles. The molecule has 0 aliphatic rings. The van der Waals surface area contributed by atoms with E-state index in [-0.39, 0.29) is 5.91 Å². The molecule has 0 spiro atoms. The summed E-state index contributed by atoms with van der Waals surface area (Å²) in [6.45, 7) is 2.01. The topological polar surface area (TPSA) is 66.9 Å². The van der Waals surface area contributed by atoms with Gasteiger partial charge in [0.1, 0.15) is 0 Å². The molecule has 0 atom stereocenters. The lowest BCUT2D eigenvalue weighted by atomic mass is 10.2. The van der Waals surface area contributed by atoms with Gasteiger partial charge in [-0.25, -0.2) is 8.78 Å². The number of halogens is 2. The van der Waals surface area contributed by atoms with Crippen LogP contribution in [0, 0.1) is 11.6 Å². The number of hydrogen-bond acceptors (Lipinski definition) is 4. The number of carbonyl (C=O) groups excluding carboxylic acids is 1. The van der Waals surface area contributed by atoms with Crippen molar-refractivity contribution >= 4 is 23.2 Å². The molecule has 0 aliphatic carbocycles. The van der Waals surface area contributed by atoms with E-state index in [1.165, 1.54) is 6.07 Å². The third kappa shape index (κ3) is 4.47. The van der Waals surface area contributed by atoms with Gasteiger partial charge in [-0.05, 0) is 30.7 Å². The molecule has 22 heavy (non-hydrogen) atoms. The fraction of sp³-hybridized carbons (Fsp3) is 0.267. The zero-order valence-corrected chi connectivity index (χ0v) is 12.1. The van der Waals surface area contributed by atoms with Crippen molar-refractivity contribution in [2.24, 2.45) is 0 Å². The lowest BCUT2D eigenvalue weighted by Gasteiger charge is -2.07. The summed E-state index contributed by atoms with van der Waals surface area (Å²) in [5.74, 6) is -1.27. The van der Waals surface area contributed by atoms with Crippen LogP contribution in [0.5, 0.6) is 0 Å². The molecule has 2 N–H and O–H groups in total. The predicted octanol–water partition coefficient (Wildman–Crippen LogP) is 3.63. The van der Waals surface area contributed by atoms with Gasteiger partial charge in [-0.3, -0.25) is 4.79 Å². The number of aromatic nitrogens is 2. The second-order valence-electron chi connectivity index (χ2n) is 4.71. The molecular formula is C15H16F2N4O. The second-order valence-corrected chi connectivity index (χ2v) is 4.71. The maximum absolute atomic E-state index is 13.1. The van der Waals surface area contributed by atoms with E-state index in [0.717, 1.165) is 25.0 Å². The normalized spacial score (nSPS) is 10.3. The van der Waals surface area contributed by atoms with Crippen molar-refractivity contribution in [3.63, 3.8) is 0 Å². The van der Waals surface area contributed by atoms with Gasteiger partial charge in [0.25, 0.3) is 0 Å². The Hall–Kier alpha value is -2.57. The van der Waals surface area contributed by atoms with Gasteiger partial charge in [-0.15, -0.1) is 10.2 Å². The number of anilines is 3. The molecule has 0 saturated heterocycles. The first-order valence-corrected chi connectivity index (χ1v) is 6.94. The van der Waals surface area contributed by atoms with Crippen LogP contribution in [0.3, 0.4) is 0 Å². The summed E-state index contributed by atoms with van der Waals surface area (Å²) < 4.78 is 25.9. The molecule has 0 aliphatic heterocycles. The van der Waals surface area contributed by atoms with Crippen LogP contribution in [0.25, 0.3) is 0 Å². The molecule has 1 heterocycles. The minimum Gasteiger partial charge on any atom is -0.339 e. The fourth-order valence-corrected chi connectivity index (χ4v) is 1.73. The van der Waals surface area contributed by atoms with Crippen molar-refractivity contribution < 1.29 is 13.6 Å². The van der Waals surface area contributed by atoms with Gasteiger partial charge < -0.3 is 10.6 Å². The first-order chi connectivity index (χ1) is 10.6. The quantitative estimate of drug-likeness (QED) is 0.855. The zero-order valence-electron chi connectivity index (χ0n) is 12.1. The molecule has 7 heteroatoms. The minimum absolute atomic E-state index is 0.113. The summed E-state index contributed by atoms with van der Waals surface area (Å²) in [4.78, 5) is 11.5. The summed E-state index contributed by atoms with van der Waals surface area (Å²) in [6, 6.07) is 6.61. The molecule has 0 unspecified atom stereocenters. The molecule has 116 valence electrons. The SMILES string of the molecule is CCCCC(=O)Nc1ccc(Nc2ccc(F)c(F)c2)nn1. The number of rotatable bonds is 6. The molecule has 1 aromatic heterocycles. The molecule has 0 radical (unpaired) electrons. The highest BCUT2D eigenvalue weighted by Gasteiger charge is 2.05. The number of hydrogen-bond donors (Lipinski definition) is 2. The van der Waals surface area contributed by atoms with E-state index in [1.54, 1.807) is 12.1 Å². The Kier molecular flexibility index (Phi) is 5.35. The standard InChI is InChI=1S/C15H16F2N4O/c1-2-3-4-15(22)19-14-8-7-13(20-21-14)18-10-5-6-11(16)12(17)9-10/h5-9H,2-4H2,1H3,(H,18,20)(H,19,21,22). The number of carbonyl (C=O) groups is 1. The van der Waals surface area contributed by atoms with Crippen molar-refractivity contribution in [1.29, 1.82) is 0 Å².